The van der Waals surface area contributed by atoms with Crippen LogP contribution >= 0.6 is 47.8 Å². The highest BCUT2D eigenvalue weighted by Gasteiger charge is 2.39. The summed E-state index contributed by atoms with van der Waals surface area (Å²) in [5.41, 5.74) is 0.489. The van der Waals surface area contributed by atoms with Crippen LogP contribution in [0.2, 0.25) is 0 Å². The van der Waals surface area contributed by atoms with Crippen molar-refractivity contribution < 1.29 is 35.9 Å². The fraction of sp³-hybridized carbons (Fsp3) is 0.304. The molecule has 0 aliphatic carbocycles. The lowest BCUT2D eigenvalue weighted by Gasteiger charge is -2.18. The van der Waals surface area contributed by atoms with Crippen LogP contribution in [-0.4, -0.2) is 36.8 Å². The van der Waals surface area contributed by atoms with Gasteiger partial charge in [0.15, 0.2) is 0 Å². The van der Waals surface area contributed by atoms with Gasteiger partial charge < -0.3 is 10.6 Å². The number of carbonyl (C=O) groups excluding carboxylic acids is 2. The molecule has 2 amide bonds. The fourth-order valence-corrected chi connectivity index (χ4v) is 4.92. The van der Waals surface area contributed by atoms with Crippen LogP contribution in [0.25, 0.3) is 6.08 Å². The highest BCUT2D eigenvalue weighted by molar-refractivity contribution is 9.11. The molecule has 0 heterocycles. The van der Waals surface area contributed by atoms with Crippen LogP contribution in [0.4, 0.5) is 26.3 Å². The Labute approximate surface area is 228 Å². The number of amides is 2. The number of allylic oxidation sites excluding steroid dienone is 1. The van der Waals surface area contributed by atoms with Crippen LogP contribution in [0, 0.1) is 0 Å². The van der Waals surface area contributed by atoms with Crippen molar-refractivity contribution in [1.82, 2.24) is 10.6 Å². The Morgan fingerprint density at radius 1 is 0.972 bits per heavy atom. The van der Waals surface area contributed by atoms with Gasteiger partial charge in [-0.05, 0) is 64.3 Å². The summed E-state index contributed by atoms with van der Waals surface area (Å²) in [7, 11) is 0. The molecule has 0 fully saturated rings. The van der Waals surface area contributed by atoms with Crippen molar-refractivity contribution in [1.29, 1.82) is 0 Å². The van der Waals surface area contributed by atoms with Crippen molar-refractivity contribution in [3.8, 4) is 0 Å². The zero-order valence-electron chi connectivity index (χ0n) is 18.4. The van der Waals surface area contributed by atoms with Gasteiger partial charge in [-0.25, -0.2) is 0 Å². The molecule has 0 saturated heterocycles. The van der Waals surface area contributed by atoms with E-state index in [0.717, 1.165) is 6.08 Å². The molecule has 0 aliphatic heterocycles. The van der Waals surface area contributed by atoms with E-state index >= 15 is 0 Å². The van der Waals surface area contributed by atoms with Gasteiger partial charge in [-0.2, -0.15) is 26.3 Å². The minimum Gasteiger partial charge on any atom is -0.354 e. The van der Waals surface area contributed by atoms with Gasteiger partial charge >= 0.3 is 12.4 Å². The first kappa shape index (κ1) is 30.4. The minimum absolute atomic E-state index is 0.0255. The van der Waals surface area contributed by atoms with Crippen molar-refractivity contribution in [2.45, 2.75) is 37.7 Å². The lowest BCUT2D eigenvalue weighted by molar-refractivity contribution is -0.139. The number of nitrogens with one attached hydrogen (secondary N) is 2. The van der Waals surface area contributed by atoms with Crippen LogP contribution in [0.5, 0.6) is 0 Å². The maximum absolute atomic E-state index is 13.7. The second kappa shape index (κ2) is 12.6. The number of carbonyl (C=O) groups is 2. The summed E-state index contributed by atoms with van der Waals surface area (Å²) in [5, 5.41) is 4.46. The first-order valence-corrected chi connectivity index (χ1v) is 12.6. The lowest BCUT2D eigenvalue weighted by atomic mass is 9.97. The fourth-order valence-electron chi connectivity index (χ4n) is 3.01. The van der Waals surface area contributed by atoms with E-state index in [1.165, 1.54) is 43.3 Å². The molecule has 2 rings (SSSR count). The van der Waals surface area contributed by atoms with Crippen LogP contribution < -0.4 is 10.6 Å². The molecule has 0 saturated carbocycles. The molecule has 2 atom stereocenters. The summed E-state index contributed by atoms with van der Waals surface area (Å²) in [6, 6.07) is 7.46. The zero-order valence-corrected chi connectivity index (χ0v) is 23.2. The summed E-state index contributed by atoms with van der Waals surface area (Å²) in [4.78, 5) is 24.4. The average Bonchev–Trinajstić information content (AvgIpc) is 2.71. The second-order valence-electron chi connectivity index (χ2n) is 7.67. The Balaban J connectivity index is 2.12. The quantitative estimate of drug-likeness (QED) is 0.279. The third kappa shape index (κ3) is 9.55. The van der Waals surface area contributed by atoms with Crippen molar-refractivity contribution in [2.24, 2.45) is 0 Å². The van der Waals surface area contributed by atoms with Crippen LogP contribution in [0.15, 0.2) is 55.9 Å². The number of hydrogen-bond donors (Lipinski definition) is 2. The molecule has 2 aromatic rings. The van der Waals surface area contributed by atoms with Crippen LogP contribution in [0.3, 0.4) is 0 Å². The molecule has 4 nitrogen and oxygen atoms in total. The Morgan fingerprint density at radius 3 is 2.11 bits per heavy atom. The number of alkyl halides is 6. The molecule has 196 valence electrons. The van der Waals surface area contributed by atoms with Crippen LogP contribution in [-0.2, 0) is 4.79 Å². The third-order valence-electron chi connectivity index (χ3n) is 4.76. The number of halogens is 9. The van der Waals surface area contributed by atoms with Gasteiger partial charge in [-0.3, -0.25) is 9.59 Å². The molecule has 1 unspecified atom stereocenters. The van der Waals surface area contributed by atoms with Gasteiger partial charge in [0.2, 0.25) is 5.91 Å². The standard InChI is InChI=1S/C23H19Br3F6N2O2/c1-12(20(35)33-7-6-22(27,28)29)34-21(36)17-4-2-13(8-19(17)26)3-5-18(23(30,31)32)14-9-15(24)11-16(25)10-14/h2-5,8-12,18H,6-7H2,1H3,(H,33,35)(H,34,36)/b5-3+/t12-,18?/m1/s1. The second-order valence-corrected chi connectivity index (χ2v) is 10.4. The van der Waals surface area contributed by atoms with Crippen molar-refractivity contribution >= 4 is 65.7 Å². The van der Waals surface area contributed by atoms with E-state index in [4.69, 9.17) is 0 Å². The summed E-state index contributed by atoms with van der Waals surface area (Å²) in [6.07, 6.45) is -7.90. The molecule has 0 aromatic heterocycles. The number of benzene rings is 2. The van der Waals surface area contributed by atoms with Gasteiger partial charge in [0, 0.05) is 20.0 Å². The van der Waals surface area contributed by atoms with Crippen LogP contribution in [0.1, 0.15) is 40.7 Å². The molecule has 2 aromatic carbocycles. The van der Waals surface area contributed by atoms with Crippen molar-refractivity contribution in [2.75, 3.05) is 6.54 Å². The first-order chi connectivity index (χ1) is 16.6. The predicted octanol–water partition coefficient (Wildman–Crippen LogP) is 7.52. The largest absolute Gasteiger partial charge is 0.399 e. The Morgan fingerprint density at radius 2 is 1.58 bits per heavy atom. The van der Waals surface area contributed by atoms with Gasteiger partial charge in [0.05, 0.1) is 17.9 Å². The average molecular weight is 709 g/mol. The molecule has 36 heavy (non-hydrogen) atoms. The van der Waals surface area contributed by atoms with Gasteiger partial charge in [-0.1, -0.05) is 50.1 Å². The monoisotopic (exact) mass is 706 g/mol. The van der Waals surface area contributed by atoms with Gasteiger partial charge in [-0.15, -0.1) is 0 Å². The topological polar surface area (TPSA) is 58.2 Å². The maximum Gasteiger partial charge on any atom is 0.399 e. The van der Waals surface area contributed by atoms with E-state index in [0.29, 0.717) is 14.5 Å². The molecular weight excluding hydrogens is 690 g/mol. The highest BCUT2D eigenvalue weighted by Crippen LogP contribution is 2.38. The molecular formula is C23H19Br3F6N2O2. The maximum atomic E-state index is 13.7. The smallest absolute Gasteiger partial charge is 0.354 e. The Bertz CT molecular complexity index is 1120. The summed E-state index contributed by atoms with van der Waals surface area (Å²) < 4.78 is 79.0. The van der Waals surface area contributed by atoms with E-state index in [2.05, 4.69) is 58.4 Å². The highest BCUT2D eigenvalue weighted by atomic mass is 79.9. The minimum atomic E-state index is -4.55. The van der Waals surface area contributed by atoms with E-state index in [9.17, 15) is 35.9 Å². The Kier molecular flexibility index (Phi) is 10.6. The van der Waals surface area contributed by atoms with E-state index in [1.54, 1.807) is 6.07 Å². The molecule has 0 bridgehead atoms. The van der Waals surface area contributed by atoms with E-state index in [1.807, 2.05) is 0 Å². The van der Waals surface area contributed by atoms with Gasteiger partial charge in [0.1, 0.15) is 6.04 Å². The van der Waals surface area contributed by atoms with E-state index in [-0.39, 0.29) is 15.6 Å². The summed E-state index contributed by atoms with van der Waals surface area (Å²) >= 11 is 9.56. The third-order valence-corrected chi connectivity index (χ3v) is 6.34. The summed E-state index contributed by atoms with van der Waals surface area (Å²) in [6.45, 7) is 0.687. The molecule has 13 heteroatoms. The SMILES string of the molecule is C[C@@H](NC(=O)c1ccc(/C=C/C(c2cc(Br)cc(Br)c2)C(F)(F)F)cc1Br)C(=O)NCCC(F)(F)F. The molecule has 0 radical (unpaired) electrons. The van der Waals surface area contributed by atoms with Gasteiger partial charge in [0.25, 0.3) is 5.91 Å². The Hall–Kier alpha value is -1.86. The lowest BCUT2D eigenvalue weighted by Crippen LogP contribution is -2.45. The predicted molar refractivity (Wildman–Crippen MR) is 134 cm³/mol. The normalized spacial score (nSPS) is 13.9. The van der Waals surface area contributed by atoms with Crippen molar-refractivity contribution in [3.05, 3.63) is 72.6 Å². The zero-order chi connectivity index (χ0) is 27.3. The van der Waals surface area contributed by atoms with E-state index < -0.39 is 49.1 Å². The summed E-state index contributed by atoms with van der Waals surface area (Å²) in [5.74, 6) is -3.37. The number of rotatable bonds is 8. The molecule has 2 N–H and O–H groups in total. The molecule has 0 aliphatic rings. The van der Waals surface area contributed by atoms with Crippen molar-refractivity contribution in [3.63, 3.8) is 0 Å². The number of hydrogen-bond acceptors (Lipinski definition) is 2. The molecule has 0 spiro atoms. The first-order valence-electron chi connectivity index (χ1n) is 10.2.